The Kier molecular flexibility index (Phi) is 6.10. The number of amides is 1. The summed E-state index contributed by atoms with van der Waals surface area (Å²) in [6.07, 6.45) is 0. The first-order chi connectivity index (χ1) is 8.99. The molecule has 112 valence electrons. The van der Waals surface area contributed by atoms with Crippen LogP contribution in [0.15, 0.2) is 16.6 Å². The maximum absolute atomic E-state index is 11.6. The molecule has 1 aromatic rings. The topological polar surface area (TPSA) is 73.6 Å². The van der Waals surface area contributed by atoms with Crippen molar-refractivity contribution < 1.29 is 14.3 Å². The van der Waals surface area contributed by atoms with Crippen molar-refractivity contribution in [3.05, 3.63) is 22.2 Å². The van der Waals surface area contributed by atoms with Crippen LogP contribution in [-0.2, 0) is 4.79 Å². The summed E-state index contributed by atoms with van der Waals surface area (Å²) >= 11 is 3.48. The lowest BCUT2D eigenvalue weighted by molar-refractivity contribution is -0.122. The Morgan fingerprint density at radius 2 is 1.85 bits per heavy atom. The predicted octanol–water partition coefficient (Wildman–Crippen LogP) is 2.17. The van der Waals surface area contributed by atoms with Gasteiger partial charge < -0.3 is 20.5 Å². The van der Waals surface area contributed by atoms with Gasteiger partial charge >= 0.3 is 0 Å². The molecular weight excluding hydrogens is 348 g/mol. The number of carbonyl (C=O) groups is 1. The first-order valence-electron chi connectivity index (χ1n) is 6.14. The van der Waals surface area contributed by atoms with Crippen molar-refractivity contribution in [2.45, 2.75) is 25.9 Å². The van der Waals surface area contributed by atoms with E-state index < -0.39 is 6.04 Å². The van der Waals surface area contributed by atoms with Gasteiger partial charge in [-0.15, -0.1) is 12.4 Å². The molecule has 1 unspecified atom stereocenters. The third kappa shape index (κ3) is 3.77. The fraction of sp³-hybridized carbons (Fsp3) is 0.462. The van der Waals surface area contributed by atoms with Crippen LogP contribution in [0.5, 0.6) is 11.5 Å². The molecule has 0 spiro atoms. The molecule has 0 fully saturated rings. The van der Waals surface area contributed by atoms with E-state index in [2.05, 4.69) is 21.2 Å². The molecule has 0 aromatic heterocycles. The number of halogens is 2. The highest BCUT2D eigenvalue weighted by atomic mass is 79.9. The Balaban J connectivity index is 0.00000200. The van der Waals surface area contributed by atoms with Crippen LogP contribution in [0.3, 0.4) is 0 Å². The number of hydrogen-bond donors (Lipinski definition) is 2. The van der Waals surface area contributed by atoms with Crippen molar-refractivity contribution >= 4 is 34.2 Å². The maximum Gasteiger partial charge on any atom is 0.237 e. The van der Waals surface area contributed by atoms with E-state index in [0.717, 1.165) is 10.0 Å². The molecule has 2 rings (SSSR count). The van der Waals surface area contributed by atoms with Gasteiger partial charge in [-0.05, 0) is 31.5 Å². The molecule has 0 saturated carbocycles. The van der Waals surface area contributed by atoms with E-state index >= 15 is 0 Å². The van der Waals surface area contributed by atoms with Crippen LogP contribution in [0.1, 0.15) is 25.5 Å². The summed E-state index contributed by atoms with van der Waals surface area (Å²) in [5.74, 6) is 1.23. The van der Waals surface area contributed by atoms with Gasteiger partial charge in [0.1, 0.15) is 13.2 Å². The zero-order valence-electron chi connectivity index (χ0n) is 11.3. The number of benzene rings is 1. The fourth-order valence-corrected chi connectivity index (χ4v) is 2.50. The summed E-state index contributed by atoms with van der Waals surface area (Å²) in [4.78, 5) is 11.6. The molecule has 5 nitrogen and oxygen atoms in total. The minimum absolute atomic E-state index is 0. The normalized spacial score (nSPS) is 15.8. The smallest absolute Gasteiger partial charge is 0.237 e. The Labute approximate surface area is 132 Å². The lowest BCUT2D eigenvalue weighted by Crippen LogP contribution is -2.39. The minimum Gasteiger partial charge on any atom is -0.486 e. The summed E-state index contributed by atoms with van der Waals surface area (Å²) < 4.78 is 11.9. The summed E-state index contributed by atoms with van der Waals surface area (Å²) in [6, 6.07) is 3.05. The summed E-state index contributed by atoms with van der Waals surface area (Å²) in [5, 5.41) is 2.85. The molecule has 0 aliphatic carbocycles. The molecule has 0 saturated heterocycles. The zero-order valence-corrected chi connectivity index (χ0v) is 13.7. The van der Waals surface area contributed by atoms with Crippen molar-refractivity contribution in [2.75, 3.05) is 13.2 Å². The highest BCUT2D eigenvalue weighted by Crippen LogP contribution is 2.37. The Morgan fingerprint density at radius 3 is 2.40 bits per heavy atom. The molecule has 1 aromatic carbocycles. The molecule has 0 radical (unpaired) electrons. The van der Waals surface area contributed by atoms with Crippen LogP contribution in [-0.4, -0.2) is 25.2 Å². The maximum atomic E-state index is 11.6. The van der Waals surface area contributed by atoms with Crippen LogP contribution in [0.4, 0.5) is 0 Å². The third-order valence-corrected chi connectivity index (χ3v) is 3.59. The molecule has 2 atom stereocenters. The molecule has 0 bridgehead atoms. The van der Waals surface area contributed by atoms with Crippen LogP contribution in [0, 0.1) is 0 Å². The van der Waals surface area contributed by atoms with Crippen LogP contribution in [0.2, 0.25) is 0 Å². The van der Waals surface area contributed by atoms with Gasteiger partial charge in [0.05, 0.1) is 12.1 Å². The van der Waals surface area contributed by atoms with Gasteiger partial charge in [0.2, 0.25) is 5.91 Å². The zero-order chi connectivity index (χ0) is 14.0. The van der Waals surface area contributed by atoms with Crippen molar-refractivity contribution in [1.82, 2.24) is 5.32 Å². The second kappa shape index (κ2) is 7.15. The first kappa shape index (κ1) is 17.1. The predicted molar refractivity (Wildman–Crippen MR) is 82.6 cm³/mol. The lowest BCUT2D eigenvalue weighted by Gasteiger charge is -2.22. The highest BCUT2D eigenvalue weighted by Gasteiger charge is 2.19. The molecule has 1 heterocycles. The van der Waals surface area contributed by atoms with Gasteiger partial charge in [0.15, 0.2) is 11.5 Å². The average molecular weight is 366 g/mol. The number of fused-ring (bicyclic) bond motifs is 1. The minimum atomic E-state index is -0.529. The second-order valence-electron chi connectivity index (χ2n) is 4.54. The van der Waals surface area contributed by atoms with Gasteiger partial charge in [-0.3, -0.25) is 4.79 Å². The van der Waals surface area contributed by atoms with Gasteiger partial charge in [-0.1, -0.05) is 15.9 Å². The molecule has 3 N–H and O–H groups in total. The Morgan fingerprint density at radius 1 is 1.30 bits per heavy atom. The largest absolute Gasteiger partial charge is 0.486 e. The van der Waals surface area contributed by atoms with Crippen molar-refractivity contribution in [1.29, 1.82) is 0 Å². The third-order valence-electron chi connectivity index (χ3n) is 2.90. The highest BCUT2D eigenvalue weighted by molar-refractivity contribution is 9.10. The Bertz CT molecular complexity index is 497. The SMILES string of the molecule is CC(NC(=O)[C@@H](C)N)c1cc2c(cc1Br)OCCO2.Cl. The van der Waals surface area contributed by atoms with Crippen LogP contribution >= 0.6 is 28.3 Å². The van der Waals surface area contributed by atoms with E-state index in [9.17, 15) is 4.79 Å². The Hall–Kier alpha value is -0.980. The molecule has 1 aliphatic rings. The summed E-state index contributed by atoms with van der Waals surface area (Å²) in [7, 11) is 0. The monoisotopic (exact) mass is 364 g/mol. The van der Waals surface area contributed by atoms with E-state index in [1.807, 2.05) is 19.1 Å². The number of nitrogens with one attached hydrogen (secondary N) is 1. The lowest BCUT2D eigenvalue weighted by atomic mass is 10.1. The molecular formula is C13H18BrClN2O3. The van der Waals surface area contributed by atoms with E-state index in [1.165, 1.54) is 0 Å². The van der Waals surface area contributed by atoms with Crippen LogP contribution in [0.25, 0.3) is 0 Å². The van der Waals surface area contributed by atoms with Crippen molar-refractivity contribution in [3.8, 4) is 11.5 Å². The molecule has 20 heavy (non-hydrogen) atoms. The second-order valence-corrected chi connectivity index (χ2v) is 5.39. The van der Waals surface area contributed by atoms with Gasteiger partial charge in [-0.2, -0.15) is 0 Å². The fourth-order valence-electron chi connectivity index (χ4n) is 1.83. The van der Waals surface area contributed by atoms with Crippen molar-refractivity contribution in [2.24, 2.45) is 5.73 Å². The number of carbonyl (C=O) groups excluding carboxylic acids is 1. The number of ether oxygens (including phenoxy) is 2. The molecule has 1 aliphatic heterocycles. The van der Waals surface area contributed by atoms with E-state index in [4.69, 9.17) is 15.2 Å². The summed E-state index contributed by atoms with van der Waals surface area (Å²) in [5.41, 5.74) is 6.47. The van der Waals surface area contributed by atoms with Crippen molar-refractivity contribution in [3.63, 3.8) is 0 Å². The van der Waals surface area contributed by atoms with E-state index in [-0.39, 0.29) is 24.4 Å². The number of nitrogens with two attached hydrogens (primary N) is 1. The van der Waals surface area contributed by atoms with E-state index in [1.54, 1.807) is 6.92 Å². The quantitative estimate of drug-likeness (QED) is 0.861. The van der Waals surface area contributed by atoms with Crippen LogP contribution < -0.4 is 20.5 Å². The number of hydrogen-bond acceptors (Lipinski definition) is 4. The van der Waals surface area contributed by atoms with Gasteiger partial charge in [-0.25, -0.2) is 0 Å². The molecule has 7 heteroatoms. The molecule has 1 amide bonds. The first-order valence-corrected chi connectivity index (χ1v) is 6.93. The van der Waals surface area contributed by atoms with Gasteiger partial charge in [0, 0.05) is 4.47 Å². The van der Waals surface area contributed by atoms with E-state index in [0.29, 0.717) is 24.7 Å². The average Bonchev–Trinajstić information content (AvgIpc) is 2.37. The summed E-state index contributed by atoms with van der Waals surface area (Å²) in [6.45, 7) is 4.64. The van der Waals surface area contributed by atoms with Gasteiger partial charge in [0.25, 0.3) is 0 Å². The standard InChI is InChI=1S/C13H17BrN2O3.ClH/c1-7(15)13(17)16-8(2)9-5-11-12(6-10(9)14)19-4-3-18-11;/h5-8H,3-4,15H2,1-2H3,(H,16,17);1H/t7-,8?;/m1./s1. The number of rotatable bonds is 3.